The number of hydrogen-bond donors (Lipinski definition) is 2. The van der Waals surface area contributed by atoms with Gasteiger partial charge in [-0.1, -0.05) is 26.5 Å². The van der Waals surface area contributed by atoms with Crippen molar-refractivity contribution in [1.82, 2.24) is 24.5 Å². The molecule has 8 nitrogen and oxygen atoms in total. The van der Waals surface area contributed by atoms with E-state index in [1.807, 2.05) is 30.3 Å². The first-order valence-electron chi connectivity index (χ1n) is 14.6. The fraction of sp³-hybridized carbons (Fsp3) is 0.516. The van der Waals surface area contributed by atoms with Crippen LogP contribution < -0.4 is 19.7 Å². The van der Waals surface area contributed by atoms with E-state index in [1.54, 1.807) is 16.9 Å². The van der Waals surface area contributed by atoms with Crippen LogP contribution in [0.15, 0.2) is 54.2 Å². The topological polar surface area (TPSA) is 80.1 Å². The van der Waals surface area contributed by atoms with Gasteiger partial charge < -0.3 is 19.7 Å². The molecule has 43 heavy (non-hydrogen) atoms. The highest BCUT2D eigenvalue weighted by atomic mass is 32.2. The summed E-state index contributed by atoms with van der Waals surface area (Å²) in [5.41, 5.74) is -0.400. The molecule has 0 aliphatic carbocycles. The van der Waals surface area contributed by atoms with Gasteiger partial charge in [0.2, 0.25) is 5.88 Å². The lowest BCUT2D eigenvalue weighted by Gasteiger charge is -2.34. The molecule has 0 amide bonds. The molecule has 2 aliphatic heterocycles. The molecule has 2 aliphatic rings. The minimum Gasteiger partial charge on any atom is -0.477 e. The van der Waals surface area contributed by atoms with Gasteiger partial charge in [-0.3, -0.25) is 0 Å². The van der Waals surface area contributed by atoms with Gasteiger partial charge in [-0.25, -0.2) is 14.6 Å². The van der Waals surface area contributed by atoms with Crippen LogP contribution in [0.25, 0.3) is 11.5 Å². The Kier molecular flexibility index (Phi) is 8.61. The monoisotopic (exact) mass is 615 g/mol. The molecule has 5 rings (SSSR count). The fourth-order valence-corrected chi connectivity index (χ4v) is 6.18. The molecule has 2 unspecified atom stereocenters. The third-order valence-electron chi connectivity index (χ3n) is 8.35. The highest BCUT2D eigenvalue weighted by Crippen LogP contribution is 2.42. The number of rotatable bonds is 5. The summed E-state index contributed by atoms with van der Waals surface area (Å²) in [6.07, 6.45) is 0.356. The number of nitrogens with one attached hydrogen (secondary N) is 2. The van der Waals surface area contributed by atoms with Crippen molar-refractivity contribution in [3.8, 4) is 11.7 Å². The standard InChI is InChI=1S/C31H40F3N7OS/c1-20-10-11-22-18-30(5,6)40(19-22)28-23(21(2)39-43-27-9-7-8-24(35-20)36-27)12-13-25(37-28)41-16-14-26(38-41)42-17-15-29(3,4)31(32,33)34/h7-9,12-14,16,20,22,39H,2,10-11,15,17-19H2,1,3-6H3,(H,35,36). The average Bonchev–Trinajstić information content (AvgIpc) is 3.52. The Labute approximate surface area is 255 Å². The van der Waals surface area contributed by atoms with Gasteiger partial charge in [0.05, 0.1) is 12.0 Å². The second-order valence-corrected chi connectivity index (χ2v) is 13.6. The number of fused-ring (bicyclic) bond motifs is 6. The van der Waals surface area contributed by atoms with Gasteiger partial charge in [-0.05, 0) is 76.6 Å². The van der Waals surface area contributed by atoms with Gasteiger partial charge in [0, 0.05) is 53.6 Å². The van der Waals surface area contributed by atoms with Crippen LogP contribution >= 0.6 is 11.9 Å². The summed E-state index contributed by atoms with van der Waals surface area (Å²) in [6, 6.07) is 11.7. The van der Waals surface area contributed by atoms with Crippen molar-refractivity contribution in [2.24, 2.45) is 11.3 Å². The maximum atomic E-state index is 13.2. The van der Waals surface area contributed by atoms with Crippen LogP contribution in [0.4, 0.5) is 24.8 Å². The molecule has 1 saturated heterocycles. The molecular formula is C31H40F3N7OS. The molecule has 3 aromatic heterocycles. The van der Waals surface area contributed by atoms with E-state index in [0.29, 0.717) is 17.4 Å². The summed E-state index contributed by atoms with van der Waals surface area (Å²) in [4.78, 5) is 12.2. The van der Waals surface area contributed by atoms with E-state index in [-0.39, 0.29) is 30.5 Å². The molecule has 0 aromatic carbocycles. The maximum absolute atomic E-state index is 13.2. The van der Waals surface area contributed by atoms with Crippen molar-refractivity contribution >= 4 is 29.3 Å². The van der Waals surface area contributed by atoms with E-state index in [0.717, 1.165) is 48.0 Å². The number of pyridine rings is 2. The van der Waals surface area contributed by atoms with Crippen LogP contribution in [0.1, 0.15) is 65.9 Å². The van der Waals surface area contributed by atoms with Crippen molar-refractivity contribution in [1.29, 1.82) is 0 Å². The molecule has 0 saturated carbocycles. The molecular weight excluding hydrogens is 575 g/mol. The van der Waals surface area contributed by atoms with E-state index in [1.165, 1.54) is 25.8 Å². The summed E-state index contributed by atoms with van der Waals surface area (Å²) >= 11 is 1.40. The molecule has 12 heteroatoms. The SMILES string of the molecule is C=C1NSc2cccc(n2)NC(C)CCC2CN(c3nc(-n4ccc(OCCC(C)(C)C(F)(F)F)n4)ccc31)C(C)(C)C2. The van der Waals surface area contributed by atoms with Gasteiger partial charge in [0.15, 0.2) is 5.82 Å². The van der Waals surface area contributed by atoms with Crippen molar-refractivity contribution < 1.29 is 17.9 Å². The second-order valence-electron chi connectivity index (χ2n) is 12.8. The van der Waals surface area contributed by atoms with Crippen LogP contribution in [0, 0.1) is 11.3 Å². The number of alkyl halides is 3. The quantitative estimate of drug-likeness (QED) is 0.286. The summed E-state index contributed by atoms with van der Waals surface area (Å²) in [5.74, 6) is 2.97. The molecule has 0 radical (unpaired) electrons. The first kappa shape index (κ1) is 31.0. The minimum atomic E-state index is -4.30. The molecule has 1 fully saturated rings. The predicted molar refractivity (Wildman–Crippen MR) is 165 cm³/mol. The van der Waals surface area contributed by atoms with E-state index in [4.69, 9.17) is 14.7 Å². The van der Waals surface area contributed by atoms with E-state index in [2.05, 4.69) is 47.4 Å². The zero-order chi connectivity index (χ0) is 31.0. The summed E-state index contributed by atoms with van der Waals surface area (Å²) in [5, 5.41) is 8.83. The number of nitrogens with zero attached hydrogens (tertiary/aromatic N) is 5. The Hall–Kier alpha value is -3.41. The Morgan fingerprint density at radius 2 is 1.91 bits per heavy atom. The van der Waals surface area contributed by atoms with Crippen molar-refractivity contribution in [2.75, 3.05) is 23.4 Å². The van der Waals surface area contributed by atoms with Crippen LogP contribution in [0.3, 0.4) is 0 Å². The van der Waals surface area contributed by atoms with E-state index < -0.39 is 11.6 Å². The first-order valence-corrected chi connectivity index (χ1v) is 15.4. The molecule has 232 valence electrons. The highest BCUT2D eigenvalue weighted by Gasteiger charge is 2.47. The van der Waals surface area contributed by atoms with Crippen molar-refractivity contribution in [3.63, 3.8) is 0 Å². The van der Waals surface area contributed by atoms with Crippen LogP contribution in [0.2, 0.25) is 0 Å². The molecule has 3 aromatic rings. The van der Waals surface area contributed by atoms with Crippen LogP contribution in [0.5, 0.6) is 5.88 Å². The van der Waals surface area contributed by atoms with E-state index >= 15 is 0 Å². The Morgan fingerprint density at radius 3 is 2.67 bits per heavy atom. The van der Waals surface area contributed by atoms with Gasteiger partial charge in [0.1, 0.15) is 16.7 Å². The maximum Gasteiger partial charge on any atom is 0.394 e. The third kappa shape index (κ3) is 7.05. The Morgan fingerprint density at radius 1 is 1.12 bits per heavy atom. The summed E-state index contributed by atoms with van der Waals surface area (Å²) in [6.45, 7) is 14.1. The smallest absolute Gasteiger partial charge is 0.394 e. The Bertz CT molecular complexity index is 1460. The number of halogens is 3. The molecule has 0 spiro atoms. The van der Waals surface area contributed by atoms with Crippen molar-refractivity contribution in [2.45, 2.75) is 83.1 Å². The first-order chi connectivity index (χ1) is 20.2. The number of hydrogen-bond acceptors (Lipinski definition) is 8. The Balaban J connectivity index is 1.42. The molecule has 5 heterocycles. The zero-order valence-corrected chi connectivity index (χ0v) is 26.1. The average molecular weight is 616 g/mol. The lowest BCUT2D eigenvalue weighted by Crippen LogP contribution is -2.39. The van der Waals surface area contributed by atoms with Gasteiger partial charge in [-0.2, -0.15) is 13.2 Å². The zero-order valence-electron chi connectivity index (χ0n) is 25.3. The summed E-state index contributed by atoms with van der Waals surface area (Å²) in [7, 11) is 0. The highest BCUT2D eigenvalue weighted by molar-refractivity contribution is 7.97. The number of ether oxygens (including phenoxy) is 1. The third-order valence-corrected chi connectivity index (χ3v) is 9.13. The van der Waals surface area contributed by atoms with E-state index in [9.17, 15) is 13.2 Å². The van der Waals surface area contributed by atoms with Crippen LogP contribution in [-0.2, 0) is 0 Å². The van der Waals surface area contributed by atoms with Gasteiger partial charge in [-0.15, -0.1) is 5.10 Å². The lowest BCUT2D eigenvalue weighted by atomic mass is 9.89. The molecule has 4 bridgehead atoms. The second kappa shape index (κ2) is 11.9. The number of aromatic nitrogens is 4. The summed E-state index contributed by atoms with van der Waals surface area (Å²) < 4.78 is 50.2. The fourth-order valence-electron chi connectivity index (χ4n) is 5.56. The largest absolute Gasteiger partial charge is 0.477 e. The van der Waals surface area contributed by atoms with Crippen LogP contribution in [-0.4, -0.2) is 50.7 Å². The lowest BCUT2D eigenvalue weighted by molar-refractivity contribution is -0.215. The normalized spacial score (nSPS) is 20.8. The molecule has 2 atom stereocenters. The predicted octanol–water partition coefficient (Wildman–Crippen LogP) is 7.49. The molecule has 2 N–H and O–H groups in total. The van der Waals surface area contributed by atoms with Gasteiger partial charge in [0.25, 0.3) is 0 Å². The minimum absolute atomic E-state index is 0.0977. The number of anilines is 2. The van der Waals surface area contributed by atoms with Crippen molar-refractivity contribution in [3.05, 3.63) is 54.7 Å². The van der Waals surface area contributed by atoms with Gasteiger partial charge >= 0.3 is 6.18 Å².